The smallest absolute Gasteiger partial charge is 0.306 e. The normalized spacial score (nSPS) is 12.4. The highest BCUT2D eigenvalue weighted by Gasteiger charge is 2.19. The Kier molecular flexibility index (Phi) is 45.9. The molecule has 0 aromatic rings. The van der Waals surface area contributed by atoms with Crippen LogP contribution in [-0.4, -0.2) is 37.2 Å². The van der Waals surface area contributed by atoms with Crippen LogP contribution in [0.4, 0.5) is 0 Å². The number of allylic oxidation sites excluding steroid dienone is 8. The van der Waals surface area contributed by atoms with Crippen molar-refractivity contribution < 1.29 is 28.6 Å². The Morgan fingerprint density at radius 2 is 0.661 bits per heavy atom. The van der Waals surface area contributed by atoms with Gasteiger partial charge < -0.3 is 14.2 Å². The van der Waals surface area contributed by atoms with Gasteiger partial charge in [0.2, 0.25) is 0 Å². The van der Waals surface area contributed by atoms with Crippen LogP contribution in [0.1, 0.15) is 252 Å². The fourth-order valence-corrected chi connectivity index (χ4v) is 7.04. The molecule has 0 heterocycles. The molecule has 0 aliphatic rings. The Balaban J connectivity index is 4.37. The molecule has 0 aliphatic heterocycles. The number of rotatable bonds is 45. The summed E-state index contributed by atoms with van der Waals surface area (Å²) in [5.74, 6) is -0.896. The lowest BCUT2D eigenvalue weighted by atomic mass is 10.1. The lowest BCUT2D eigenvalue weighted by molar-refractivity contribution is -0.167. The van der Waals surface area contributed by atoms with Gasteiger partial charge in [0.25, 0.3) is 0 Å². The van der Waals surface area contributed by atoms with Crippen LogP contribution in [0.3, 0.4) is 0 Å². The molecule has 0 saturated heterocycles. The average molecular weight is 827 g/mol. The second-order valence-corrected chi connectivity index (χ2v) is 16.7. The van der Waals surface area contributed by atoms with Crippen molar-refractivity contribution in [2.75, 3.05) is 13.2 Å². The van der Waals surface area contributed by atoms with Crippen LogP contribution in [0.5, 0.6) is 0 Å². The first kappa shape index (κ1) is 56.4. The third-order valence-electron chi connectivity index (χ3n) is 10.8. The van der Waals surface area contributed by atoms with Crippen LogP contribution in [0, 0.1) is 0 Å². The number of carbonyl (C=O) groups excluding carboxylic acids is 3. The van der Waals surface area contributed by atoms with Crippen LogP contribution in [0.25, 0.3) is 0 Å². The minimum atomic E-state index is -0.777. The number of unbranched alkanes of at least 4 members (excludes halogenated alkanes) is 26. The summed E-state index contributed by atoms with van der Waals surface area (Å²) in [6.45, 7) is 6.50. The van der Waals surface area contributed by atoms with Gasteiger partial charge in [0.15, 0.2) is 6.10 Å². The van der Waals surface area contributed by atoms with Crippen molar-refractivity contribution in [1.29, 1.82) is 0 Å². The van der Waals surface area contributed by atoms with Crippen molar-refractivity contribution in [3.05, 3.63) is 48.6 Å². The Hall–Kier alpha value is -2.63. The second kappa shape index (κ2) is 48.0. The van der Waals surface area contributed by atoms with Gasteiger partial charge in [-0.3, -0.25) is 14.4 Å². The van der Waals surface area contributed by atoms with E-state index in [1.165, 1.54) is 116 Å². The lowest BCUT2D eigenvalue weighted by Crippen LogP contribution is -2.30. The zero-order chi connectivity index (χ0) is 43.0. The number of hydrogen-bond acceptors (Lipinski definition) is 6. The van der Waals surface area contributed by atoms with Crippen LogP contribution in [0.15, 0.2) is 48.6 Å². The summed E-state index contributed by atoms with van der Waals surface area (Å²) < 4.78 is 16.8. The van der Waals surface area contributed by atoms with E-state index in [2.05, 4.69) is 69.4 Å². The molecule has 0 unspecified atom stereocenters. The molecule has 0 rings (SSSR count). The van der Waals surface area contributed by atoms with E-state index in [1.54, 1.807) is 0 Å². The van der Waals surface area contributed by atoms with Gasteiger partial charge in [-0.05, 0) is 77.0 Å². The monoisotopic (exact) mass is 827 g/mol. The minimum absolute atomic E-state index is 0.0790. The molecule has 0 spiro atoms. The van der Waals surface area contributed by atoms with Gasteiger partial charge in [0.1, 0.15) is 13.2 Å². The largest absolute Gasteiger partial charge is 0.462 e. The molecule has 0 radical (unpaired) electrons. The van der Waals surface area contributed by atoms with Crippen molar-refractivity contribution >= 4 is 17.9 Å². The fraction of sp³-hybridized carbons (Fsp3) is 0.792. The van der Waals surface area contributed by atoms with E-state index < -0.39 is 6.10 Å². The second-order valence-electron chi connectivity index (χ2n) is 16.7. The Morgan fingerprint density at radius 1 is 0.356 bits per heavy atom. The molecule has 0 aromatic carbocycles. The molecule has 0 fully saturated rings. The highest BCUT2D eigenvalue weighted by Crippen LogP contribution is 2.15. The number of esters is 3. The summed E-state index contributed by atoms with van der Waals surface area (Å²) in [7, 11) is 0. The molecule has 1 atom stereocenters. The number of carbonyl (C=O) groups is 3. The highest BCUT2D eigenvalue weighted by molar-refractivity contribution is 5.71. The van der Waals surface area contributed by atoms with Gasteiger partial charge in [-0.25, -0.2) is 0 Å². The molecule has 59 heavy (non-hydrogen) atoms. The maximum Gasteiger partial charge on any atom is 0.306 e. The van der Waals surface area contributed by atoms with E-state index in [0.717, 1.165) is 96.3 Å². The number of hydrogen-bond donors (Lipinski definition) is 0. The van der Waals surface area contributed by atoms with Crippen molar-refractivity contribution in [3.63, 3.8) is 0 Å². The molecule has 0 bridgehead atoms. The van der Waals surface area contributed by atoms with E-state index in [9.17, 15) is 14.4 Å². The van der Waals surface area contributed by atoms with Gasteiger partial charge in [-0.15, -0.1) is 0 Å². The van der Waals surface area contributed by atoms with Crippen molar-refractivity contribution in [2.24, 2.45) is 0 Å². The molecular formula is C53H94O6. The molecule has 0 saturated carbocycles. The number of ether oxygens (including phenoxy) is 3. The predicted octanol–water partition coefficient (Wildman–Crippen LogP) is 16.3. The molecule has 0 N–H and O–H groups in total. The standard InChI is InChI=1S/C53H94O6/c1-4-7-10-13-16-19-22-24-26-28-31-33-36-39-42-45-51(54)57-48-50(59-53(56)47-44-41-38-35-30-21-18-15-12-9-6-3)49-58-52(55)46-43-40-37-34-32-29-27-25-23-20-17-14-11-8-5-2/h7,10,16,19-20,23-24,26,50H,4-6,8-9,11-15,17-18,21-22,25,27-49H2,1-3H3/b10-7-,19-16-,23-20-,26-24-/t50-/m1/s1. The first-order valence-electron chi connectivity index (χ1n) is 25.1. The molecular weight excluding hydrogens is 733 g/mol. The molecule has 6 nitrogen and oxygen atoms in total. The van der Waals surface area contributed by atoms with Gasteiger partial charge in [-0.2, -0.15) is 0 Å². The first-order valence-corrected chi connectivity index (χ1v) is 25.1. The fourth-order valence-electron chi connectivity index (χ4n) is 7.04. The van der Waals surface area contributed by atoms with Crippen LogP contribution < -0.4 is 0 Å². The third kappa shape index (κ3) is 46.3. The summed E-state index contributed by atoms with van der Waals surface area (Å²) in [6, 6.07) is 0. The van der Waals surface area contributed by atoms with E-state index >= 15 is 0 Å². The lowest BCUT2D eigenvalue weighted by Gasteiger charge is -2.18. The Bertz CT molecular complexity index is 1040. The summed E-state index contributed by atoms with van der Waals surface area (Å²) in [6.07, 6.45) is 56.6. The maximum atomic E-state index is 12.7. The van der Waals surface area contributed by atoms with E-state index in [-0.39, 0.29) is 31.1 Å². The van der Waals surface area contributed by atoms with Crippen LogP contribution in [-0.2, 0) is 28.6 Å². The highest BCUT2D eigenvalue weighted by atomic mass is 16.6. The SMILES string of the molecule is CC/C=C\C/C=C\C/C=C\CCCCCCCC(=O)OC[C@H](COC(=O)CCCCCCCCC/C=C\CCCCCC)OC(=O)CCCCCCCCCCCCC. The molecule has 6 heteroatoms. The van der Waals surface area contributed by atoms with Crippen molar-refractivity contribution in [3.8, 4) is 0 Å². The third-order valence-corrected chi connectivity index (χ3v) is 10.8. The quantitative estimate of drug-likeness (QED) is 0.0263. The molecule has 0 aliphatic carbocycles. The van der Waals surface area contributed by atoms with Gasteiger partial charge in [0, 0.05) is 19.3 Å². The first-order chi connectivity index (χ1) is 29.0. The van der Waals surface area contributed by atoms with E-state index in [4.69, 9.17) is 14.2 Å². The van der Waals surface area contributed by atoms with Gasteiger partial charge in [0.05, 0.1) is 0 Å². The average Bonchev–Trinajstić information content (AvgIpc) is 3.23. The maximum absolute atomic E-state index is 12.7. The minimum Gasteiger partial charge on any atom is -0.462 e. The Morgan fingerprint density at radius 3 is 1.07 bits per heavy atom. The summed E-state index contributed by atoms with van der Waals surface area (Å²) >= 11 is 0. The Labute approximate surface area is 365 Å². The zero-order valence-corrected chi connectivity index (χ0v) is 39.0. The van der Waals surface area contributed by atoms with Gasteiger partial charge >= 0.3 is 17.9 Å². The van der Waals surface area contributed by atoms with Crippen LogP contribution >= 0.6 is 0 Å². The van der Waals surface area contributed by atoms with Crippen molar-refractivity contribution in [2.45, 2.75) is 258 Å². The summed E-state index contributed by atoms with van der Waals surface area (Å²) in [4.78, 5) is 37.9. The van der Waals surface area contributed by atoms with E-state index in [0.29, 0.717) is 19.3 Å². The molecule has 0 aromatic heterocycles. The van der Waals surface area contributed by atoms with E-state index in [1.807, 2.05) is 0 Å². The topological polar surface area (TPSA) is 78.9 Å². The zero-order valence-electron chi connectivity index (χ0n) is 39.0. The van der Waals surface area contributed by atoms with Crippen molar-refractivity contribution in [1.82, 2.24) is 0 Å². The summed E-state index contributed by atoms with van der Waals surface area (Å²) in [5.41, 5.74) is 0. The molecule has 342 valence electrons. The van der Waals surface area contributed by atoms with Crippen LogP contribution in [0.2, 0.25) is 0 Å². The predicted molar refractivity (Wildman–Crippen MR) is 252 cm³/mol. The van der Waals surface area contributed by atoms with Gasteiger partial charge in [-0.1, -0.05) is 204 Å². The summed E-state index contributed by atoms with van der Waals surface area (Å²) in [5, 5.41) is 0. The molecule has 0 amide bonds.